The number of para-hydroxylation sites is 2. The van der Waals surface area contributed by atoms with Crippen molar-refractivity contribution in [3.63, 3.8) is 0 Å². The zero-order valence-electron chi connectivity index (χ0n) is 20.3. The van der Waals surface area contributed by atoms with Crippen molar-refractivity contribution in [3.8, 4) is 16.9 Å². The maximum atomic E-state index is 14.8. The predicted molar refractivity (Wildman–Crippen MR) is 136 cm³/mol. The molecule has 2 unspecified atom stereocenters. The molecule has 1 fully saturated rings. The molecule has 4 aromatic rings. The number of rotatable bonds is 4. The van der Waals surface area contributed by atoms with Crippen LogP contribution in [-0.2, 0) is 9.53 Å². The molecule has 2 aliphatic heterocycles. The highest BCUT2D eigenvalue weighted by Gasteiger charge is 2.35. The molecule has 1 amide bonds. The van der Waals surface area contributed by atoms with Crippen molar-refractivity contribution in [1.82, 2.24) is 4.98 Å². The molecule has 2 aliphatic rings. The highest BCUT2D eigenvalue weighted by molar-refractivity contribution is 6.02. The minimum Gasteiger partial charge on any atom is -0.485 e. The van der Waals surface area contributed by atoms with E-state index in [9.17, 15) is 18.0 Å². The van der Waals surface area contributed by atoms with Crippen LogP contribution in [0.5, 0.6) is 5.75 Å². The van der Waals surface area contributed by atoms with Crippen molar-refractivity contribution in [2.24, 2.45) is 5.73 Å². The molecule has 2 atom stereocenters. The number of hydrogen-bond acceptors (Lipinski definition) is 5. The third-order valence-corrected chi connectivity index (χ3v) is 7.21. The zero-order chi connectivity index (χ0) is 26.4. The lowest BCUT2D eigenvalue weighted by Crippen LogP contribution is -2.38. The number of pyridine rings is 1. The number of carbonyl (C=O) groups is 1. The Bertz CT molecular complexity index is 1560. The Morgan fingerprint density at radius 2 is 1.76 bits per heavy atom. The molecule has 38 heavy (non-hydrogen) atoms. The number of nitrogens with two attached hydrogens (primary N) is 1. The fourth-order valence-corrected chi connectivity index (χ4v) is 5.45. The summed E-state index contributed by atoms with van der Waals surface area (Å²) >= 11 is 0. The molecular weight excluding hydrogens is 495 g/mol. The van der Waals surface area contributed by atoms with Gasteiger partial charge in [0.15, 0.2) is 11.6 Å². The van der Waals surface area contributed by atoms with Crippen LogP contribution in [0.3, 0.4) is 0 Å². The number of ether oxygens (including phenoxy) is 2. The lowest BCUT2D eigenvalue weighted by atomic mass is 9.86. The Morgan fingerprint density at radius 3 is 2.55 bits per heavy atom. The first-order valence-electron chi connectivity index (χ1n) is 12.4. The number of amides is 1. The van der Waals surface area contributed by atoms with Crippen LogP contribution in [0.2, 0.25) is 0 Å². The van der Waals surface area contributed by atoms with Crippen molar-refractivity contribution in [2.45, 2.75) is 18.4 Å². The van der Waals surface area contributed by atoms with Crippen molar-refractivity contribution in [3.05, 3.63) is 89.4 Å². The number of fused-ring (bicyclic) bond motifs is 2. The van der Waals surface area contributed by atoms with E-state index in [0.717, 1.165) is 22.9 Å². The second-order valence-electron chi connectivity index (χ2n) is 9.45. The molecule has 1 saturated heterocycles. The molecule has 6 rings (SSSR count). The van der Waals surface area contributed by atoms with Gasteiger partial charge in [-0.3, -0.25) is 9.78 Å². The molecule has 194 valence electrons. The number of carbonyl (C=O) groups excluding carboxylic acids is 1. The largest absolute Gasteiger partial charge is 0.485 e. The van der Waals surface area contributed by atoms with Gasteiger partial charge in [-0.05, 0) is 12.1 Å². The van der Waals surface area contributed by atoms with Gasteiger partial charge in [0, 0.05) is 59.4 Å². The average molecular weight is 520 g/mol. The Kier molecular flexibility index (Phi) is 6.15. The van der Waals surface area contributed by atoms with Gasteiger partial charge in [0.25, 0.3) is 0 Å². The summed E-state index contributed by atoms with van der Waals surface area (Å²) in [6.45, 7) is 2.18. The number of primary amides is 1. The highest BCUT2D eigenvalue weighted by atomic mass is 19.2. The second-order valence-corrected chi connectivity index (χ2v) is 9.45. The SMILES string of the molecule is NC(=O)C1CC(c2cnc3c(-c4cc(F)cc(F)c4F)cccc3c2N2CCOCC2)Oc2ccccc21. The van der Waals surface area contributed by atoms with Crippen LogP contribution in [0, 0.1) is 17.5 Å². The molecular formula is C29H24F3N3O3. The molecule has 0 spiro atoms. The quantitative estimate of drug-likeness (QED) is 0.373. The summed E-state index contributed by atoms with van der Waals surface area (Å²) in [6, 6.07) is 13.9. The van der Waals surface area contributed by atoms with E-state index in [1.165, 1.54) is 0 Å². The number of benzene rings is 3. The molecule has 0 saturated carbocycles. The monoisotopic (exact) mass is 519 g/mol. The van der Waals surface area contributed by atoms with Crippen molar-refractivity contribution >= 4 is 22.5 Å². The maximum absolute atomic E-state index is 14.8. The molecule has 9 heteroatoms. The predicted octanol–water partition coefficient (Wildman–Crippen LogP) is 5.25. The molecule has 0 aliphatic carbocycles. The Morgan fingerprint density at radius 1 is 0.974 bits per heavy atom. The summed E-state index contributed by atoms with van der Waals surface area (Å²) in [6.07, 6.45) is 1.42. The standard InChI is InChI=1S/C29H24F3N3O3/c30-16-12-20(26(32)23(31)13-16)18-5-3-6-19-27(18)34-15-22(28(19)35-8-10-37-11-9-35)25-14-21(29(33)36)17-4-1-2-7-24(17)38-25/h1-7,12-13,15,21,25H,8-11,14H2,(H2,33,36). The van der Waals surface area contributed by atoms with Crippen LogP contribution in [0.1, 0.15) is 29.6 Å². The molecule has 3 aromatic carbocycles. The summed E-state index contributed by atoms with van der Waals surface area (Å²) < 4.78 is 55.0. The Balaban J connectivity index is 1.55. The van der Waals surface area contributed by atoms with Gasteiger partial charge < -0.3 is 20.1 Å². The summed E-state index contributed by atoms with van der Waals surface area (Å²) in [4.78, 5) is 19.2. The topological polar surface area (TPSA) is 77.7 Å². The van der Waals surface area contributed by atoms with E-state index in [2.05, 4.69) is 9.88 Å². The molecule has 6 nitrogen and oxygen atoms in total. The Hall–Kier alpha value is -4.11. The Labute approximate surface area is 216 Å². The normalized spacial score (nSPS) is 19.2. The van der Waals surface area contributed by atoms with Crippen molar-refractivity contribution in [1.29, 1.82) is 0 Å². The number of halogens is 3. The molecule has 1 aromatic heterocycles. The number of morpholine rings is 1. The average Bonchev–Trinajstić information content (AvgIpc) is 2.93. The second kappa shape index (κ2) is 9.64. The van der Waals surface area contributed by atoms with Crippen LogP contribution < -0.4 is 15.4 Å². The van der Waals surface area contributed by atoms with E-state index >= 15 is 0 Å². The van der Waals surface area contributed by atoms with Gasteiger partial charge in [0.05, 0.1) is 30.3 Å². The van der Waals surface area contributed by atoms with Crippen LogP contribution in [0.25, 0.3) is 22.0 Å². The fraction of sp³-hybridized carbons (Fsp3) is 0.241. The number of hydrogen-bond donors (Lipinski definition) is 1. The minimum atomic E-state index is -1.27. The smallest absolute Gasteiger partial charge is 0.225 e. The third-order valence-electron chi connectivity index (χ3n) is 7.21. The fourth-order valence-electron chi connectivity index (χ4n) is 5.45. The minimum absolute atomic E-state index is 0.210. The first kappa shape index (κ1) is 24.2. The molecule has 3 heterocycles. The van der Waals surface area contributed by atoms with Gasteiger partial charge in [0.1, 0.15) is 17.7 Å². The van der Waals surface area contributed by atoms with Crippen LogP contribution in [0.15, 0.2) is 60.8 Å². The number of anilines is 1. The molecule has 0 radical (unpaired) electrons. The van der Waals surface area contributed by atoms with Gasteiger partial charge in [-0.25, -0.2) is 13.2 Å². The van der Waals surface area contributed by atoms with Gasteiger partial charge in [-0.15, -0.1) is 0 Å². The first-order valence-corrected chi connectivity index (χ1v) is 12.4. The maximum Gasteiger partial charge on any atom is 0.225 e. The van der Waals surface area contributed by atoms with E-state index < -0.39 is 35.4 Å². The third kappa shape index (κ3) is 4.12. The van der Waals surface area contributed by atoms with Crippen molar-refractivity contribution < 1.29 is 27.4 Å². The van der Waals surface area contributed by atoms with Gasteiger partial charge >= 0.3 is 0 Å². The number of nitrogens with zero attached hydrogens (tertiary/aromatic N) is 2. The summed E-state index contributed by atoms with van der Waals surface area (Å²) in [5.74, 6) is -3.71. The van der Waals surface area contributed by atoms with Crippen LogP contribution >= 0.6 is 0 Å². The van der Waals surface area contributed by atoms with E-state index in [-0.39, 0.29) is 11.1 Å². The van der Waals surface area contributed by atoms with Crippen molar-refractivity contribution in [2.75, 3.05) is 31.2 Å². The van der Waals surface area contributed by atoms with Gasteiger partial charge in [-0.2, -0.15) is 0 Å². The van der Waals surface area contributed by atoms with E-state index in [1.54, 1.807) is 24.4 Å². The van der Waals surface area contributed by atoms with E-state index in [0.29, 0.717) is 55.4 Å². The van der Waals surface area contributed by atoms with E-state index in [4.69, 9.17) is 15.2 Å². The summed E-state index contributed by atoms with van der Waals surface area (Å²) in [7, 11) is 0. The zero-order valence-corrected chi connectivity index (χ0v) is 20.3. The van der Waals surface area contributed by atoms with Gasteiger partial charge in [0.2, 0.25) is 5.91 Å². The number of aromatic nitrogens is 1. The lowest BCUT2D eigenvalue weighted by molar-refractivity contribution is -0.120. The highest BCUT2D eigenvalue weighted by Crippen LogP contribution is 2.46. The lowest BCUT2D eigenvalue weighted by Gasteiger charge is -2.36. The van der Waals surface area contributed by atoms with E-state index in [1.807, 2.05) is 24.3 Å². The van der Waals surface area contributed by atoms with Crippen LogP contribution in [-0.4, -0.2) is 37.2 Å². The molecule has 0 bridgehead atoms. The van der Waals surface area contributed by atoms with Gasteiger partial charge in [-0.1, -0.05) is 36.4 Å². The first-order chi connectivity index (χ1) is 18.4. The summed E-state index contributed by atoms with van der Waals surface area (Å²) in [5, 5.41) is 0.670. The molecule has 2 N–H and O–H groups in total. The van der Waals surface area contributed by atoms with Crippen LogP contribution in [0.4, 0.5) is 18.9 Å². The summed E-state index contributed by atoms with van der Waals surface area (Å²) in [5.41, 5.74) is 8.51.